The lowest BCUT2D eigenvalue weighted by atomic mass is 10.0. The molecule has 1 fully saturated rings. The van der Waals surface area contributed by atoms with Crippen LogP contribution in [0.3, 0.4) is 0 Å². The average molecular weight is 404 g/mol. The third-order valence-corrected chi connectivity index (χ3v) is 7.15. The summed E-state index contributed by atoms with van der Waals surface area (Å²) < 4.78 is 29.9. The Morgan fingerprint density at radius 2 is 1.71 bits per heavy atom. The standard InChI is InChI=1S/C22H29NO4S/c1-27-22-4-2-14-23(22)15-13-18-5-7-19(8-6-18)20-9-11-21(12-10-20)28(25,26)17-3-16-24/h5-12,22,24H,2-4,13-17H2,1H3/t22-/m1/s1. The molecule has 1 atom stereocenters. The lowest BCUT2D eigenvalue weighted by molar-refractivity contribution is -0.00297. The zero-order valence-electron chi connectivity index (χ0n) is 16.4. The van der Waals surface area contributed by atoms with Crippen LogP contribution in [0.5, 0.6) is 0 Å². The monoisotopic (exact) mass is 403 g/mol. The van der Waals surface area contributed by atoms with Crippen LogP contribution >= 0.6 is 0 Å². The van der Waals surface area contributed by atoms with E-state index >= 15 is 0 Å². The van der Waals surface area contributed by atoms with Crippen molar-refractivity contribution in [1.82, 2.24) is 4.90 Å². The Bertz CT molecular complexity index is 847. The normalized spacial score (nSPS) is 17.9. The number of hydrogen-bond acceptors (Lipinski definition) is 5. The van der Waals surface area contributed by atoms with Crippen molar-refractivity contribution < 1.29 is 18.3 Å². The topological polar surface area (TPSA) is 66.8 Å². The fourth-order valence-electron chi connectivity index (χ4n) is 3.68. The van der Waals surface area contributed by atoms with Crippen LogP contribution in [-0.4, -0.2) is 57.2 Å². The average Bonchev–Trinajstić information content (AvgIpc) is 3.19. The minimum Gasteiger partial charge on any atom is -0.396 e. The predicted molar refractivity (Wildman–Crippen MR) is 111 cm³/mol. The summed E-state index contributed by atoms with van der Waals surface area (Å²) in [6.07, 6.45) is 3.81. The molecule has 1 heterocycles. The van der Waals surface area contributed by atoms with E-state index in [-0.39, 0.29) is 25.0 Å². The molecule has 0 bridgehead atoms. The van der Waals surface area contributed by atoms with Gasteiger partial charge in [-0.1, -0.05) is 36.4 Å². The van der Waals surface area contributed by atoms with Gasteiger partial charge in [0.15, 0.2) is 9.84 Å². The van der Waals surface area contributed by atoms with Gasteiger partial charge in [0.2, 0.25) is 0 Å². The van der Waals surface area contributed by atoms with Gasteiger partial charge in [0.25, 0.3) is 0 Å². The highest BCUT2D eigenvalue weighted by molar-refractivity contribution is 7.91. The summed E-state index contributed by atoms with van der Waals surface area (Å²) in [5.74, 6) is -0.0293. The van der Waals surface area contributed by atoms with Crippen LogP contribution in [0.15, 0.2) is 53.4 Å². The molecule has 0 saturated carbocycles. The van der Waals surface area contributed by atoms with Crippen molar-refractivity contribution in [2.75, 3.05) is 32.6 Å². The minimum atomic E-state index is -3.33. The molecule has 5 nitrogen and oxygen atoms in total. The van der Waals surface area contributed by atoms with Crippen LogP contribution in [0.2, 0.25) is 0 Å². The van der Waals surface area contributed by atoms with E-state index in [0.29, 0.717) is 4.90 Å². The van der Waals surface area contributed by atoms with Gasteiger partial charge in [0.1, 0.15) is 6.23 Å². The summed E-state index contributed by atoms with van der Waals surface area (Å²) >= 11 is 0. The molecule has 2 aromatic carbocycles. The molecule has 1 aliphatic rings. The van der Waals surface area contributed by atoms with Crippen LogP contribution in [0, 0.1) is 0 Å². The second-order valence-corrected chi connectivity index (χ2v) is 9.35. The van der Waals surface area contributed by atoms with Gasteiger partial charge in [0, 0.05) is 26.8 Å². The maximum Gasteiger partial charge on any atom is 0.178 e. The first-order valence-corrected chi connectivity index (χ1v) is 11.5. The summed E-state index contributed by atoms with van der Waals surface area (Å²) in [6, 6.07) is 15.4. The van der Waals surface area contributed by atoms with Crippen LogP contribution < -0.4 is 0 Å². The number of rotatable bonds is 9. The Hall–Kier alpha value is -1.73. The molecule has 0 amide bonds. The van der Waals surface area contributed by atoms with Gasteiger partial charge in [0.05, 0.1) is 10.6 Å². The number of benzene rings is 2. The number of methoxy groups -OCH3 is 1. The highest BCUT2D eigenvalue weighted by atomic mass is 32.2. The zero-order chi connectivity index (χ0) is 20.0. The Balaban J connectivity index is 1.61. The molecule has 2 aromatic rings. The maximum absolute atomic E-state index is 12.2. The highest BCUT2D eigenvalue weighted by Crippen LogP contribution is 2.23. The first-order chi connectivity index (χ1) is 13.5. The van der Waals surface area contributed by atoms with Gasteiger partial charge in [-0.25, -0.2) is 8.42 Å². The molecule has 3 rings (SSSR count). The molecule has 1 saturated heterocycles. The summed E-state index contributed by atoms with van der Waals surface area (Å²) in [7, 11) is -1.55. The second kappa shape index (κ2) is 9.65. The summed E-state index contributed by atoms with van der Waals surface area (Å²) in [5, 5.41) is 8.84. The van der Waals surface area contributed by atoms with Crippen molar-refractivity contribution in [2.24, 2.45) is 0 Å². The fraction of sp³-hybridized carbons (Fsp3) is 0.455. The van der Waals surface area contributed by atoms with E-state index in [1.54, 1.807) is 19.2 Å². The second-order valence-electron chi connectivity index (χ2n) is 7.24. The molecule has 0 aliphatic carbocycles. The fourth-order valence-corrected chi connectivity index (χ4v) is 4.98. The molecule has 0 radical (unpaired) electrons. The largest absolute Gasteiger partial charge is 0.396 e. The summed E-state index contributed by atoms with van der Waals surface area (Å²) in [4.78, 5) is 2.70. The number of aliphatic hydroxyl groups excluding tert-OH is 1. The van der Waals surface area contributed by atoms with Crippen molar-refractivity contribution in [2.45, 2.75) is 36.8 Å². The maximum atomic E-state index is 12.2. The van der Waals surface area contributed by atoms with Crippen molar-refractivity contribution >= 4 is 9.84 Å². The Labute approximate surface area is 167 Å². The molecule has 1 N–H and O–H groups in total. The van der Waals surface area contributed by atoms with E-state index < -0.39 is 9.84 Å². The van der Waals surface area contributed by atoms with Gasteiger partial charge in [-0.05, 0) is 54.5 Å². The molecular formula is C22H29NO4S. The van der Waals surface area contributed by atoms with Gasteiger partial charge in [-0.3, -0.25) is 4.90 Å². The molecule has 0 spiro atoms. The highest BCUT2D eigenvalue weighted by Gasteiger charge is 2.23. The molecule has 152 valence electrons. The number of nitrogens with zero attached hydrogens (tertiary/aromatic N) is 1. The van der Waals surface area contributed by atoms with Gasteiger partial charge in [-0.15, -0.1) is 0 Å². The lowest BCUT2D eigenvalue weighted by Crippen LogP contribution is -2.32. The number of likely N-dealkylation sites (tertiary alicyclic amines) is 1. The van der Waals surface area contributed by atoms with E-state index in [1.807, 2.05) is 12.1 Å². The van der Waals surface area contributed by atoms with Gasteiger partial charge >= 0.3 is 0 Å². The Morgan fingerprint density at radius 3 is 2.32 bits per heavy atom. The minimum absolute atomic E-state index is 0.0293. The first kappa shape index (κ1) is 21.0. The molecule has 28 heavy (non-hydrogen) atoms. The smallest absolute Gasteiger partial charge is 0.178 e. The predicted octanol–water partition coefficient (Wildman–Crippen LogP) is 3.12. The van der Waals surface area contributed by atoms with Crippen molar-refractivity contribution in [1.29, 1.82) is 0 Å². The number of sulfone groups is 1. The molecule has 1 aliphatic heterocycles. The molecule has 0 aromatic heterocycles. The van der Waals surface area contributed by atoms with Gasteiger partial charge in [-0.2, -0.15) is 0 Å². The number of hydrogen-bond donors (Lipinski definition) is 1. The lowest BCUT2D eigenvalue weighted by Gasteiger charge is -2.22. The van der Waals surface area contributed by atoms with E-state index in [4.69, 9.17) is 9.84 Å². The van der Waals surface area contributed by atoms with Gasteiger partial charge < -0.3 is 9.84 Å². The summed E-state index contributed by atoms with van der Waals surface area (Å²) in [6.45, 7) is 1.98. The van der Waals surface area contributed by atoms with E-state index in [9.17, 15) is 8.42 Å². The Kier molecular flexibility index (Phi) is 7.24. The van der Waals surface area contributed by atoms with Crippen molar-refractivity contribution in [3.05, 3.63) is 54.1 Å². The van der Waals surface area contributed by atoms with E-state index in [1.165, 1.54) is 12.0 Å². The number of ether oxygens (including phenoxy) is 1. The molecule has 0 unspecified atom stereocenters. The third-order valence-electron chi connectivity index (χ3n) is 5.34. The quantitative estimate of drug-likeness (QED) is 0.697. The Morgan fingerprint density at radius 1 is 1.07 bits per heavy atom. The van der Waals surface area contributed by atoms with Crippen molar-refractivity contribution in [3.63, 3.8) is 0 Å². The molecule has 6 heteroatoms. The van der Waals surface area contributed by atoms with Crippen molar-refractivity contribution in [3.8, 4) is 11.1 Å². The van der Waals surface area contributed by atoms with Crippen LogP contribution in [-0.2, 0) is 21.0 Å². The first-order valence-electron chi connectivity index (χ1n) is 9.83. The SMILES string of the molecule is CO[C@@H]1CCCN1CCc1ccc(-c2ccc(S(=O)(=O)CCCO)cc2)cc1. The van der Waals surface area contributed by atoms with E-state index in [2.05, 4.69) is 29.2 Å². The van der Waals surface area contributed by atoms with E-state index in [0.717, 1.165) is 37.1 Å². The molecular weight excluding hydrogens is 374 g/mol. The third kappa shape index (κ3) is 5.20. The summed E-state index contributed by atoms with van der Waals surface area (Å²) in [5.41, 5.74) is 3.35. The van der Waals surface area contributed by atoms with Crippen LogP contribution in [0.25, 0.3) is 11.1 Å². The van der Waals surface area contributed by atoms with Crippen LogP contribution in [0.1, 0.15) is 24.8 Å². The van der Waals surface area contributed by atoms with Crippen LogP contribution in [0.4, 0.5) is 0 Å². The zero-order valence-corrected chi connectivity index (χ0v) is 17.2. The number of aliphatic hydroxyl groups is 1.